The number of hydrogen-bond acceptors (Lipinski definition) is 5. The Morgan fingerprint density at radius 1 is 1.35 bits per heavy atom. The van der Waals surface area contributed by atoms with Crippen molar-refractivity contribution in [3.8, 4) is 0 Å². The van der Waals surface area contributed by atoms with Crippen molar-refractivity contribution in [3.05, 3.63) is 39.5 Å². The fourth-order valence-electron chi connectivity index (χ4n) is 2.33. The molecule has 0 aliphatic heterocycles. The summed E-state index contributed by atoms with van der Waals surface area (Å²) in [6.07, 6.45) is 1.91. The van der Waals surface area contributed by atoms with Crippen LogP contribution in [0.25, 0.3) is 0 Å². The van der Waals surface area contributed by atoms with E-state index in [2.05, 4.69) is 15.5 Å². The van der Waals surface area contributed by atoms with Gasteiger partial charge in [0.1, 0.15) is 18.4 Å². The molecule has 0 saturated heterocycles. The molecule has 9 nitrogen and oxygen atoms in total. The zero-order valence-electron chi connectivity index (χ0n) is 13.4. The Kier molecular flexibility index (Phi) is 5.09. The SMILES string of the molecule is Cc1cc(C)n(CCCNC(=O)Cn2ncc([N+](=O)[O-])c2C)n1. The molecular formula is C14H20N6O3. The van der Waals surface area contributed by atoms with Crippen LogP contribution >= 0.6 is 0 Å². The molecule has 9 heteroatoms. The molecule has 0 aliphatic rings. The summed E-state index contributed by atoms with van der Waals surface area (Å²) in [6.45, 7) is 6.72. The Hall–Kier alpha value is -2.71. The highest BCUT2D eigenvalue weighted by molar-refractivity contribution is 5.75. The first-order valence-corrected chi connectivity index (χ1v) is 7.33. The number of carbonyl (C=O) groups is 1. The molecule has 0 aromatic carbocycles. The van der Waals surface area contributed by atoms with Crippen LogP contribution < -0.4 is 5.32 Å². The first kappa shape index (κ1) is 16.7. The van der Waals surface area contributed by atoms with Gasteiger partial charge in [0.15, 0.2) is 0 Å². The van der Waals surface area contributed by atoms with Crippen LogP contribution in [0.1, 0.15) is 23.5 Å². The zero-order chi connectivity index (χ0) is 17.0. The summed E-state index contributed by atoms with van der Waals surface area (Å²) in [5.41, 5.74) is 2.35. The van der Waals surface area contributed by atoms with Gasteiger partial charge in [-0.25, -0.2) is 0 Å². The smallest absolute Gasteiger partial charge is 0.309 e. The monoisotopic (exact) mass is 320 g/mol. The Morgan fingerprint density at radius 2 is 2.09 bits per heavy atom. The summed E-state index contributed by atoms with van der Waals surface area (Å²) in [5, 5.41) is 21.7. The Bertz CT molecular complexity index is 718. The number of carbonyl (C=O) groups excluding carboxylic acids is 1. The maximum atomic E-state index is 11.9. The normalized spacial score (nSPS) is 10.7. The van der Waals surface area contributed by atoms with Crippen LogP contribution in [0.4, 0.5) is 5.69 Å². The summed E-state index contributed by atoms with van der Waals surface area (Å²) in [5.74, 6) is -0.223. The predicted octanol–water partition coefficient (Wildman–Crippen LogP) is 1.12. The minimum absolute atomic E-state index is 0.0282. The first-order chi connectivity index (χ1) is 10.9. The van der Waals surface area contributed by atoms with Crippen LogP contribution in [-0.4, -0.2) is 36.9 Å². The Labute approximate surface area is 133 Å². The fourth-order valence-corrected chi connectivity index (χ4v) is 2.33. The lowest BCUT2D eigenvalue weighted by atomic mass is 10.3. The minimum atomic E-state index is -0.509. The second-order valence-corrected chi connectivity index (χ2v) is 5.38. The van der Waals surface area contributed by atoms with Gasteiger partial charge in [-0.2, -0.15) is 10.2 Å². The highest BCUT2D eigenvalue weighted by Gasteiger charge is 2.17. The zero-order valence-corrected chi connectivity index (χ0v) is 13.4. The average Bonchev–Trinajstić information content (AvgIpc) is 2.98. The van der Waals surface area contributed by atoms with Crippen molar-refractivity contribution in [2.45, 2.75) is 40.3 Å². The van der Waals surface area contributed by atoms with Gasteiger partial charge in [-0.05, 0) is 33.3 Å². The lowest BCUT2D eigenvalue weighted by Crippen LogP contribution is -2.29. The molecule has 0 radical (unpaired) electrons. The number of aromatic nitrogens is 4. The maximum absolute atomic E-state index is 11.9. The van der Waals surface area contributed by atoms with E-state index in [1.165, 1.54) is 4.68 Å². The molecular weight excluding hydrogens is 300 g/mol. The van der Waals surface area contributed by atoms with E-state index in [9.17, 15) is 14.9 Å². The summed E-state index contributed by atoms with van der Waals surface area (Å²) in [4.78, 5) is 22.1. The number of nitrogens with zero attached hydrogens (tertiary/aromatic N) is 5. The van der Waals surface area contributed by atoms with Crippen LogP contribution in [0.2, 0.25) is 0 Å². The van der Waals surface area contributed by atoms with Crippen molar-refractivity contribution in [1.82, 2.24) is 24.9 Å². The summed E-state index contributed by atoms with van der Waals surface area (Å²) in [7, 11) is 0. The molecule has 23 heavy (non-hydrogen) atoms. The summed E-state index contributed by atoms with van der Waals surface area (Å²) < 4.78 is 3.23. The molecule has 0 atom stereocenters. The number of nitro groups is 1. The molecule has 2 rings (SSSR count). The second-order valence-electron chi connectivity index (χ2n) is 5.38. The maximum Gasteiger partial charge on any atom is 0.309 e. The lowest BCUT2D eigenvalue weighted by Gasteiger charge is -2.07. The van der Waals surface area contributed by atoms with Crippen LogP contribution in [0.15, 0.2) is 12.3 Å². The van der Waals surface area contributed by atoms with Gasteiger partial charge in [-0.15, -0.1) is 0 Å². The lowest BCUT2D eigenvalue weighted by molar-refractivity contribution is -0.385. The van der Waals surface area contributed by atoms with E-state index >= 15 is 0 Å². The van der Waals surface area contributed by atoms with E-state index in [1.54, 1.807) is 6.92 Å². The van der Waals surface area contributed by atoms with Crippen molar-refractivity contribution < 1.29 is 9.72 Å². The molecule has 0 saturated carbocycles. The third-order valence-electron chi connectivity index (χ3n) is 3.54. The van der Waals surface area contributed by atoms with Crippen LogP contribution in [0.5, 0.6) is 0 Å². The first-order valence-electron chi connectivity index (χ1n) is 7.33. The quantitative estimate of drug-likeness (QED) is 0.467. The molecule has 1 N–H and O–H groups in total. The molecule has 2 heterocycles. The van der Waals surface area contributed by atoms with E-state index in [-0.39, 0.29) is 18.1 Å². The van der Waals surface area contributed by atoms with Gasteiger partial charge in [0.25, 0.3) is 0 Å². The number of rotatable bonds is 7. The molecule has 0 spiro atoms. The van der Waals surface area contributed by atoms with E-state index in [0.717, 1.165) is 30.6 Å². The van der Waals surface area contributed by atoms with E-state index in [0.29, 0.717) is 12.2 Å². The topological polar surface area (TPSA) is 108 Å². The fraction of sp³-hybridized carbons (Fsp3) is 0.500. The van der Waals surface area contributed by atoms with E-state index in [4.69, 9.17) is 0 Å². The third kappa shape index (κ3) is 4.15. The van der Waals surface area contributed by atoms with Crippen molar-refractivity contribution in [2.24, 2.45) is 0 Å². The molecule has 2 aromatic rings. The number of nitrogens with one attached hydrogen (secondary N) is 1. The number of amides is 1. The second kappa shape index (κ2) is 7.03. The van der Waals surface area contributed by atoms with Crippen LogP contribution in [0.3, 0.4) is 0 Å². The van der Waals surface area contributed by atoms with Gasteiger partial charge >= 0.3 is 5.69 Å². The molecule has 1 amide bonds. The minimum Gasteiger partial charge on any atom is -0.354 e. The number of aryl methyl sites for hydroxylation is 3. The van der Waals surface area contributed by atoms with Gasteiger partial charge in [0.05, 0.1) is 10.6 Å². The van der Waals surface area contributed by atoms with Gasteiger partial charge in [0.2, 0.25) is 5.91 Å². The summed E-state index contributed by atoms with van der Waals surface area (Å²) >= 11 is 0. The van der Waals surface area contributed by atoms with Gasteiger partial charge in [-0.1, -0.05) is 0 Å². The number of hydrogen-bond donors (Lipinski definition) is 1. The Morgan fingerprint density at radius 3 is 2.65 bits per heavy atom. The largest absolute Gasteiger partial charge is 0.354 e. The molecule has 0 bridgehead atoms. The van der Waals surface area contributed by atoms with E-state index in [1.807, 2.05) is 24.6 Å². The Balaban J connectivity index is 1.77. The van der Waals surface area contributed by atoms with Crippen molar-refractivity contribution >= 4 is 11.6 Å². The average molecular weight is 320 g/mol. The van der Waals surface area contributed by atoms with Crippen LogP contribution in [-0.2, 0) is 17.9 Å². The van der Waals surface area contributed by atoms with Crippen molar-refractivity contribution in [2.75, 3.05) is 6.54 Å². The van der Waals surface area contributed by atoms with Crippen molar-refractivity contribution in [3.63, 3.8) is 0 Å². The standard InChI is InChI=1S/C14H20N6O3/c1-10-7-11(2)18(17-10)6-4-5-15-14(21)9-19-12(3)13(8-16-19)20(22)23/h7-8H,4-6,9H2,1-3H3,(H,15,21). The highest BCUT2D eigenvalue weighted by Crippen LogP contribution is 2.15. The molecule has 0 aliphatic carbocycles. The molecule has 2 aromatic heterocycles. The third-order valence-corrected chi connectivity index (χ3v) is 3.54. The molecule has 0 fully saturated rings. The predicted molar refractivity (Wildman–Crippen MR) is 82.9 cm³/mol. The van der Waals surface area contributed by atoms with Gasteiger partial charge in [0, 0.05) is 18.8 Å². The highest BCUT2D eigenvalue weighted by atomic mass is 16.6. The van der Waals surface area contributed by atoms with Gasteiger partial charge < -0.3 is 5.32 Å². The summed E-state index contributed by atoms with van der Waals surface area (Å²) in [6, 6.07) is 2.01. The van der Waals surface area contributed by atoms with Crippen molar-refractivity contribution in [1.29, 1.82) is 0 Å². The van der Waals surface area contributed by atoms with E-state index < -0.39 is 4.92 Å². The molecule has 124 valence electrons. The van der Waals surface area contributed by atoms with Crippen LogP contribution in [0, 0.1) is 30.9 Å². The molecule has 0 unspecified atom stereocenters. The van der Waals surface area contributed by atoms with Gasteiger partial charge in [-0.3, -0.25) is 24.3 Å².